The molecule has 108 valence electrons. The minimum atomic E-state index is -0.691. The lowest BCUT2D eigenvalue weighted by Gasteiger charge is -2.31. The third-order valence-electron chi connectivity index (χ3n) is 3.27. The standard InChI is InChI=1S/C14H18N2O3S/c1-20-12-5-3-2-4-10(12)8-13(17)16-6-7-19-11(9-16)14(15)18/h2-5,11H,6-9H2,1H3,(H2,15,18)/t11-/m0/s1. The van der Waals surface area contributed by atoms with Crippen LogP contribution in [0.3, 0.4) is 0 Å². The summed E-state index contributed by atoms with van der Waals surface area (Å²) in [5.41, 5.74) is 6.23. The number of primary amides is 1. The molecule has 1 aliphatic rings. The van der Waals surface area contributed by atoms with Gasteiger partial charge in [-0.15, -0.1) is 11.8 Å². The zero-order valence-electron chi connectivity index (χ0n) is 11.4. The van der Waals surface area contributed by atoms with Gasteiger partial charge in [-0.05, 0) is 17.9 Å². The monoisotopic (exact) mass is 294 g/mol. The summed E-state index contributed by atoms with van der Waals surface area (Å²) in [7, 11) is 0. The van der Waals surface area contributed by atoms with Gasteiger partial charge in [0.1, 0.15) is 0 Å². The number of hydrogen-bond acceptors (Lipinski definition) is 4. The second-order valence-electron chi connectivity index (χ2n) is 4.59. The Morgan fingerprint density at radius 1 is 1.45 bits per heavy atom. The minimum absolute atomic E-state index is 0.000972. The molecule has 20 heavy (non-hydrogen) atoms. The van der Waals surface area contributed by atoms with Gasteiger partial charge in [-0.25, -0.2) is 0 Å². The highest BCUT2D eigenvalue weighted by atomic mass is 32.2. The van der Waals surface area contributed by atoms with Gasteiger partial charge in [0.05, 0.1) is 19.6 Å². The van der Waals surface area contributed by atoms with E-state index in [4.69, 9.17) is 10.5 Å². The molecule has 0 radical (unpaired) electrons. The smallest absolute Gasteiger partial charge is 0.248 e. The number of carbonyl (C=O) groups is 2. The van der Waals surface area contributed by atoms with E-state index in [1.54, 1.807) is 16.7 Å². The molecule has 0 spiro atoms. The molecule has 1 saturated heterocycles. The number of thioether (sulfide) groups is 1. The third-order valence-corrected chi connectivity index (χ3v) is 4.11. The van der Waals surface area contributed by atoms with E-state index in [0.29, 0.717) is 19.6 Å². The Morgan fingerprint density at radius 3 is 2.90 bits per heavy atom. The molecule has 1 aromatic rings. The molecule has 0 aliphatic carbocycles. The molecule has 1 aromatic carbocycles. The van der Waals surface area contributed by atoms with Gasteiger partial charge in [0.15, 0.2) is 6.10 Å². The van der Waals surface area contributed by atoms with Crippen LogP contribution in [0, 0.1) is 0 Å². The molecule has 6 heteroatoms. The topological polar surface area (TPSA) is 72.6 Å². The highest BCUT2D eigenvalue weighted by molar-refractivity contribution is 7.98. The fraction of sp³-hybridized carbons (Fsp3) is 0.429. The number of morpholine rings is 1. The van der Waals surface area contributed by atoms with E-state index in [2.05, 4.69) is 0 Å². The molecule has 1 atom stereocenters. The van der Waals surface area contributed by atoms with Crippen molar-refractivity contribution >= 4 is 23.6 Å². The normalized spacial score (nSPS) is 18.9. The Labute approximate surface area is 122 Å². The zero-order valence-corrected chi connectivity index (χ0v) is 12.2. The van der Waals surface area contributed by atoms with Gasteiger partial charge in [0, 0.05) is 11.4 Å². The van der Waals surface area contributed by atoms with Crippen molar-refractivity contribution in [2.24, 2.45) is 5.73 Å². The molecule has 0 aromatic heterocycles. The maximum absolute atomic E-state index is 12.3. The van der Waals surface area contributed by atoms with E-state index in [-0.39, 0.29) is 12.5 Å². The SMILES string of the molecule is CSc1ccccc1CC(=O)N1CCO[C@H](C(N)=O)C1. The molecule has 5 nitrogen and oxygen atoms in total. The van der Waals surface area contributed by atoms with Gasteiger partial charge in [-0.2, -0.15) is 0 Å². The summed E-state index contributed by atoms with van der Waals surface area (Å²) in [6.07, 6.45) is 1.63. The Morgan fingerprint density at radius 2 is 2.20 bits per heavy atom. The van der Waals surface area contributed by atoms with Crippen molar-refractivity contribution in [3.8, 4) is 0 Å². The van der Waals surface area contributed by atoms with Crippen LogP contribution < -0.4 is 5.73 Å². The second kappa shape index (κ2) is 6.76. The van der Waals surface area contributed by atoms with E-state index in [0.717, 1.165) is 10.5 Å². The largest absolute Gasteiger partial charge is 0.367 e. The number of benzene rings is 1. The lowest BCUT2D eigenvalue weighted by Crippen LogP contribution is -2.50. The summed E-state index contributed by atoms with van der Waals surface area (Å²) in [5, 5.41) is 0. The summed E-state index contributed by atoms with van der Waals surface area (Å²) >= 11 is 1.62. The van der Waals surface area contributed by atoms with Crippen molar-refractivity contribution in [3.05, 3.63) is 29.8 Å². The quantitative estimate of drug-likeness (QED) is 0.828. The number of ether oxygens (including phenoxy) is 1. The Bertz CT molecular complexity index is 507. The number of rotatable bonds is 4. The fourth-order valence-electron chi connectivity index (χ4n) is 2.17. The molecule has 1 aliphatic heterocycles. The average Bonchev–Trinajstić information content (AvgIpc) is 2.48. The molecule has 2 N–H and O–H groups in total. The van der Waals surface area contributed by atoms with E-state index < -0.39 is 12.0 Å². The fourth-order valence-corrected chi connectivity index (χ4v) is 2.79. The third kappa shape index (κ3) is 3.52. The molecular weight excluding hydrogens is 276 g/mol. The van der Waals surface area contributed by atoms with Crippen LogP contribution in [0.15, 0.2) is 29.2 Å². The number of hydrogen-bond donors (Lipinski definition) is 1. The number of nitrogens with two attached hydrogens (primary N) is 1. The van der Waals surface area contributed by atoms with Gasteiger partial charge < -0.3 is 15.4 Å². The van der Waals surface area contributed by atoms with Crippen molar-refractivity contribution in [1.29, 1.82) is 0 Å². The molecular formula is C14H18N2O3S. The van der Waals surface area contributed by atoms with Crippen molar-refractivity contribution in [2.75, 3.05) is 26.0 Å². The van der Waals surface area contributed by atoms with Crippen molar-refractivity contribution in [3.63, 3.8) is 0 Å². The highest BCUT2D eigenvalue weighted by Gasteiger charge is 2.27. The maximum Gasteiger partial charge on any atom is 0.248 e. The Balaban J connectivity index is 2.02. The van der Waals surface area contributed by atoms with Crippen LogP contribution in [-0.2, 0) is 20.7 Å². The average molecular weight is 294 g/mol. The maximum atomic E-state index is 12.3. The predicted octanol–water partition coefficient (Wildman–Crippen LogP) is 0.664. The van der Waals surface area contributed by atoms with Gasteiger partial charge in [0.2, 0.25) is 11.8 Å². The van der Waals surface area contributed by atoms with E-state index in [1.165, 1.54) is 0 Å². The predicted molar refractivity (Wildman–Crippen MR) is 77.4 cm³/mol. The van der Waals surface area contributed by atoms with Crippen molar-refractivity contribution in [1.82, 2.24) is 4.90 Å². The summed E-state index contributed by atoms with van der Waals surface area (Å²) in [4.78, 5) is 26.2. The molecule has 0 bridgehead atoms. The van der Waals surface area contributed by atoms with Crippen LogP contribution in [0.1, 0.15) is 5.56 Å². The Hall–Kier alpha value is -1.53. The first kappa shape index (κ1) is 14.9. The lowest BCUT2D eigenvalue weighted by atomic mass is 10.1. The van der Waals surface area contributed by atoms with Crippen molar-refractivity contribution in [2.45, 2.75) is 17.4 Å². The number of carbonyl (C=O) groups excluding carboxylic acids is 2. The number of nitrogens with zero attached hydrogens (tertiary/aromatic N) is 1. The number of amides is 2. The molecule has 1 fully saturated rings. The minimum Gasteiger partial charge on any atom is -0.367 e. The van der Waals surface area contributed by atoms with Crippen LogP contribution in [0.5, 0.6) is 0 Å². The van der Waals surface area contributed by atoms with Crippen LogP contribution in [0.2, 0.25) is 0 Å². The first-order valence-corrected chi connectivity index (χ1v) is 7.65. The highest BCUT2D eigenvalue weighted by Crippen LogP contribution is 2.21. The van der Waals surface area contributed by atoms with Gasteiger partial charge in [-0.3, -0.25) is 9.59 Å². The van der Waals surface area contributed by atoms with Gasteiger partial charge in [0.25, 0.3) is 0 Å². The van der Waals surface area contributed by atoms with E-state index >= 15 is 0 Å². The van der Waals surface area contributed by atoms with E-state index in [1.807, 2.05) is 30.5 Å². The molecule has 2 rings (SSSR count). The van der Waals surface area contributed by atoms with Crippen LogP contribution >= 0.6 is 11.8 Å². The second-order valence-corrected chi connectivity index (χ2v) is 5.44. The van der Waals surface area contributed by atoms with Gasteiger partial charge in [-0.1, -0.05) is 18.2 Å². The molecule has 1 heterocycles. The van der Waals surface area contributed by atoms with Crippen molar-refractivity contribution < 1.29 is 14.3 Å². The van der Waals surface area contributed by atoms with Crippen LogP contribution in [0.4, 0.5) is 0 Å². The zero-order chi connectivity index (χ0) is 14.5. The summed E-state index contributed by atoms with van der Waals surface area (Å²) in [6, 6.07) is 7.83. The van der Waals surface area contributed by atoms with Crippen LogP contribution in [-0.4, -0.2) is 48.8 Å². The summed E-state index contributed by atoms with van der Waals surface area (Å²) in [5.74, 6) is -0.520. The lowest BCUT2D eigenvalue weighted by molar-refractivity contribution is -0.145. The van der Waals surface area contributed by atoms with E-state index in [9.17, 15) is 9.59 Å². The molecule has 0 saturated carbocycles. The summed E-state index contributed by atoms with van der Waals surface area (Å²) < 4.78 is 5.24. The molecule has 0 unspecified atom stereocenters. The first-order chi connectivity index (χ1) is 9.61. The Kier molecular flexibility index (Phi) is 5.03. The summed E-state index contributed by atoms with van der Waals surface area (Å²) in [6.45, 7) is 1.10. The van der Waals surface area contributed by atoms with Gasteiger partial charge >= 0.3 is 0 Å². The van der Waals surface area contributed by atoms with Crippen LogP contribution in [0.25, 0.3) is 0 Å². The first-order valence-electron chi connectivity index (χ1n) is 6.42. The molecule has 2 amide bonds.